The third kappa shape index (κ3) is 4.08. The maximum Gasteiger partial charge on any atom is 0.312 e. The molecule has 4 rings (SSSR count). The van der Waals surface area contributed by atoms with Gasteiger partial charge in [0.25, 0.3) is 0 Å². The summed E-state index contributed by atoms with van der Waals surface area (Å²) in [5, 5.41) is 13.6. The minimum atomic E-state index is -1.23. The monoisotopic (exact) mass is 570 g/mol. The largest absolute Gasteiger partial charge is 0.466 e. The Morgan fingerprint density at radius 3 is 2.71 bits per heavy atom. The number of para-hydroxylation sites is 1. The van der Waals surface area contributed by atoms with Gasteiger partial charge in [-0.2, -0.15) is 0 Å². The summed E-state index contributed by atoms with van der Waals surface area (Å²) in [4.78, 5) is 42.2. The van der Waals surface area contributed by atoms with Gasteiger partial charge in [0.15, 0.2) is 0 Å². The summed E-state index contributed by atoms with van der Waals surface area (Å²) in [7, 11) is 0. The lowest BCUT2D eigenvalue weighted by molar-refractivity contribution is -0.155. The Hall–Kier alpha value is -1.68. The van der Waals surface area contributed by atoms with Crippen LogP contribution in [-0.2, 0) is 23.9 Å². The number of rotatable bonds is 8. The first-order valence-corrected chi connectivity index (χ1v) is 13.4. The number of esters is 1. The number of halogens is 2. The van der Waals surface area contributed by atoms with Crippen LogP contribution < -0.4 is 5.32 Å². The fraction of sp³-hybridized carbons (Fsp3) is 0.640. The fourth-order valence-electron chi connectivity index (χ4n) is 6.03. The molecular weight excluding hydrogens is 540 g/mol. The molecule has 2 amide bonds. The summed E-state index contributed by atoms with van der Waals surface area (Å²) in [6, 6.07) is 3.64. The van der Waals surface area contributed by atoms with E-state index >= 15 is 0 Å². The number of likely N-dealkylation sites (tertiary alicyclic amines) is 1. The van der Waals surface area contributed by atoms with Crippen molar-refractivity contribution in [3.63, 3.8) is 0 Å². The highest BCUT2D eigenvalue weighted by Gasteiger charge is 2.77. The minimum Gasteiger partial charge on any atom is -0.466 e. The van der Waals surface area contributed by atoms with Crippen LogP contribution in [0.25, 0.3) is 0 Å². The zero-order valence-corrected chi connectivity index (χ0v) is 22.6. The molecule has 1 aromatic rings. The minimum absolute atomic E-state index is 0.0884. The molecule has 3 fully saturated rings. The summed E-state index contributed by atoms with van der Waals surface area (Å²) in [6.07, 6.45) is 0.480. The Kier molecular flexibility index (Phi) is 7.53. The number of carbonyl (C=O) groups excluding carboxylic acids is 3. The second-order valence-corrected chi connectivity index (χ2v) is 11.3. The van der Waals surface area contributed by atoms with E-state index in [1.807, 2.05) is 26.8 Å². The van der Waals surface area contributed by atoms with Gasteiger partial charge in [0.1, 0.15) is 11.6 Å². The standard InChI is InChI=1S/C25H32BrClN2O6/c1-5-12(3)16(11-30)29-21(22(31)28-19-13(4)8-7-9-15(19)27)25-10-14(26)20(35-25)17(18(25)23(29)32)24(33)34-6-2/h7-9,12,14,16-18,20-21,30H,5-6,10-11H2,1-4H3,(H,28,31)/t12-,14?,16-,17+,18-,20+,21+,25-/m0/s1. The zero-order valence-electron chi connectivity index (χ0n) is 20.3. The van der Waals surface area contributed by atoms with Crippen LogP contribution in [0.15, 0.2) is 18.2 Å². The van der Waals surface area contributed by atoms with Crippen LogP contribution in [0.4, 0.5) is 5.69 Å². The van der Waals surface area contributed by atoms with E-state index in [-0.39, 0.29) is 29.9 Å². The normalized spacial score (nSPS) is 32.9. The number of nitrogens with zero attached hydrogens (tertiary/aromatic N) is 1. The van der Waals surface area contributed by atoms with Crippen LogP contribution in [0, 0.1) is 24.7 Å². The van der Waals surface area contributed by atoms with E-state index in [1.165, 1.54) is 4.90 Å². The van der Waals surface area contributed by atoms with Crippen molar-refractivity contribution in [1.82, 2.24) is 4.90 Å². The van der Waals surface area contributed by atoms with Crippen LogP contribution in [0.2, 0.25) is 5.02 Å². The van der Waals surface area contributed by atoms with Crippen molar-refractivity contribution in [2.24, 2.45) is 17.8 Å². The van der Waals surface area contributed by atoms with Crippen LogP contribution in [0.3, 0.4) is 0 Å². The van der Waals surface area contributed by atoms with Crippen LogP contribution in [0.1, 0.15) is 39.2 Å². The van der Waals surface area contributed by atoms with Gasteiger partial charge in [-0.25, -0.2) is 0 Å². The Bertz CT molecular complexity index is 1000. The number of anilines is 1. The highest BCUT2D eigenvalue weighted by atomic mass is 79.9. The summed E-state index contributed by atoms with van der Waals surface area (Å²) in [5.41, 5.74) is 0.00389. The molecule has 0 aromatic heterocycles. The number of alkyl halides is 1. The van der Waals surface area contributed by atoms with E-state index in [9.17, 15) is 19.5 Å². The molecule has 2 N–H and O–H groups in total. The number of aliphatic hydroxyl groups is 1. The lowest BCUT2D eigenvalue weighted by Crippen LogP contribution is -2.57. The summed E-state index contributed by atoms with van der Waals surface area (Å²) in [6.45, 7) is 7.30. The predicted octanol–water partition coefficient (Wildman–Crippen LogP) is 3.31. The van der Waals surface area contributed by atoms with E-state index < -0.39 is 47.5 Å². The van der Waals surface area contributed by atoms with Gasteiger partial charge in [0, 0.05) is 4.83 Å². The lowest BCUT2D eigenvalue weighted by Gasteiger charge is -2.38. The predicted molar refractivity (Wildman–Crippen MR) is 134 cm³/mol. The highest BCUT2D eigenvalue weighted by Crippen LogP contribution is 2.60. The average molecular weight is 572 g/mol. The van der Waals surface area contributed by atoms with E-state index in [2.05, 4.69) is 21.2 Å². The van der Waals surface area contributed by atoms with Gasteiger partial charge in [0.2, 0.25) is 11.8 Å². The zero-order chi connectivity index (χ0) is 25.7. The number of benzene rings is 1. The molecule has 1 spiro atoms. The molecule has 3 aliphatic heterocycles. The summed E-state index contributed by atoms with van der Waals surface area (Å²) in [5.74, 6) is -3.12. The van der Waals surface area contributed by atoms with Gasteiger partial charge in [-0.3, -0.25) is 14.4 Å². The Morgan fingerprint density at radius 1 is 1.40 bits per heavy atom. The topological polar surface area (TPSA) is 105 Å². The van der Waals surface area contributed by atoms with Gasteiger partial charge in [-0.1, -0.05) is 59.9 Å². The average Bonchev–Trinajstić information content (AvgIpc) is 3.40. The first-order chi connectivity index (χ1) is 16.6. The van der Waals surface area contributed by atoms with Crippen molar-refractivity contribution < 1.29 is 29.0 Å². The molecule has 1 unspecified atom stereocenters. The molecule has 0 radical (unpaired) electrons. The summed E-state index contributed by atoms with van der Waals surface area (Å²) >= 11 is 10.0. The molecular formula is C25H32BrClN2O6. The van der Waals surface area contributed by atoms with Crippen molar-refractivity contribution in [3.8, 4) is 0 Å². The van der Waals surface area contributed by atoms with Gasteiger partial charge >= 0.3 is 5.97 Å². The number of amides is 2. The van der Waals surface area contributed by atoms with Crippen molar-refractivity contribution in [2.75, 3.05) is 18.5 Å². The van der Waals surface area contributed by atoms with E-state index in [0.29, 0.717) is 23.6 Å². The molecule has 3 heterocycles. The van der Waals surface area contributed by atoms with E-state index in [0.717, 1.165) is 5.56 Å². The number of fused-ring (bicyclic) bond motifs is 1. The van der Waals surface area contributed by atoms with E-state index in [4.69, 9.17) is 21.1 Å². The van der Waals surface area contributed by atoms with Crippen molar-refractivity contribution >= 4 is 51.0 Å². The van der Waals surface area contributed by atoms with Crippen LogP contribution >= 0.6 is 27.5 Å². The van der Waals surface area contributed by atoms with Crippen molar-refractivity contribution in [1.29, 1.82) is 0 Å². The molecule has 3 aliphatic rings. The van der Waals surface area contributed by atoms with Crippen LogP contribution in [-0.4, -0.2) is 69.6 Å². The Morgan fingerprint density at radius 2 is 2.11 bits per heavy atom. The maximum absolute atomic E-state index is 14.0. The molecule has 2 bridgehead atoms. The first kappa shape index (κ1) is 26.4. The smallest absolute Gasteiger partial charge is 0.312 e. The van der Waals surface area contributed by atoms with Gasteiger partial charge < -0.3 is 24.8 Å². The first-order valence-electron chi connectivity index (χ1n) is 12.1. The van der Waals surface area contributed by atoms with Gasteiger partial charge in [-0.05, 0) is 37.8 Å². The molecule has 35 heavy (non-hydrogen) atoms. The number of carbonyl (C=O) groups is 3. The number of aliphatic hydroxyl groups excluding tert-OH is 1. The quantitative estimate of drug-likeness (QED) is 0.367. The molecule has 8 nitrogen and oxygen atoms in total. The Balaban J connectivity index is 1.81. The van der Waals surface area contributed by atoms with Crippen molar-refractivity contribution in [3.05, 3.63) is 28.8 Å². The molecule has 3 saturated heterocycles. The number of hydrogen-bond acceptors (Lipinski definition) is 6. The summed E-state index contributed by atoms with van der Waals surface area (Å²) < 4.78 is 11.7. The highest BCUT2D eigenvalue weighted by molar-refractivity contribution is 9.09. The number of aryl methyl sites for hydroxylation is 1. The van der Waals surface area contributed by atoms with Crippen molar-refractivity contribution in [2.45, 2.75) is 69.2 Å². The molecule has 10 heteroatoms. The second kappa shape index (κ2) is 10.00. The van der Waals surface area contributed by atoms with Crippen LogP contribution in [0.5, 0.6) is 0 Å². The molecule has 0 saturated carbocycles. The molecule has 192 valence electrons. The Labute approximate surface area is 218 Å². The molecule has 0 aliphatic carbocycles. The van der Waals surface area contributed by atoms with Gasteiger partial charge in [0.05, 0.1) is 47.9 Å². The number of nitrogens with one attached hydrogen (secondary N) is 1. The third-order valence-electron chi connectivity index (χ3n) is 7.85. The fourth-order valence-corrected chi connectivity index (χ4v) is 7.24. The van der Waals surface area contributed by atoms with Gasteiger partial charge in [-0.15, -0.1) is 0 Å². The molecule has 8 atom stereocenters. The second-order valence-electron chi connectivity index (χ2n) is 9.72. The molecule has 1 aromatic carbocycles. The number of hydrogen-bond donors (Lipinski definition) is 2. The maximum atomic E-state index is 14.0. The SMILES string of the molecule is CCOC(=O)[C@H]1[C@@H]2O[C@@]3(CC2Br)[C@@H]1C(=O)N([C@@H](CO)[C@@H](C)CC)[C@@H]3C(=O)Nc1c(C)cccc1Cl. The number of ether oxygens (including phenoxy) is 2. The third-order valence-corrected chi connectivity index (χ3v) is 9.01. The lowest BCUT2D eigenvalue weighted by atomic mass is 9.70. The van der Waals surface area contributed by atoms with E-state index in [1.54, 1.807) is 19.1 Å².